The fourth-order valence-corrected chi connectivity index (χ4v) is 3.04. The lowest BCUT2D eigenvalue weighted by molar-refractivity contribution is -0.136. The van der Waals surface area contributed by atoms with E-state index in [1.807, 2.05) is 42.6 Å². The molecule has 3 nitrogen and oxygen atoms in total. The molecule has 0 saturated heterocycles. The van der Waals surface area contributed by atoms with E-state index in [-0.39, 0.29) is 6.42 Å². The van der Waals surface area contributed by atoms with Crippen molar-refractivity contribution in [1.82, 2.24) is 4.57 Å². The molecule has 2 aromatic carbocycles. The zero-order valence-electron chi connectivity index (χ0n) is 11.3. The monoisotopic (exact) mass is 343 g/mol. The van der Waals surface area contributed by atoms with E-state index in [1.165, 1.54) is 0 Å². The van der Waals surface area contributed by atoms with Crippen LogP contribution in [0.2, 0.25) is 0 Å². The van der Waals surface area contributed by atoms with Gasteiger partial charge < -0.3 is 9.67 Å². The predicted octanol–water partition coefficient (Wildman–Crippen LogP) is 4.08. The van der Waals surface area contributed by atoms with Gasteiger partial charge in [-0.1, -0.05) is 46.3 Å². The third-order valence-electron chi connectivity index (χ3n) is 3.56. The van der Waals surface area contributed by atoms with Gasteiger partial charge in [-0.15, -0.1) is 0 Å². The van der Waals surface area contributed by atoms with Gasteiger partial charge in [-0.3, -0.25) is 4.79 Å². The molecule has 0 atom stereocenters. The van der Waals surface area contributed by atoms with Gasteiger partial charge in [0.25, 0.3) is 0 Å². The van der Waals surface area contributed by atoms with Crippen LogP contribution in [0.3, 0.4) is 0 Å². The van der Waals surface area contributed by atoms with Crippen LogP contribution < -0.4 is 0 Å². The minimum atomic E-state index is -0.803. The number of rotatable bonds is 4. The highest BCUT2D eigenvalue weighted by Gasteiger charge is 2.09. The summed E-state index contributed by atoms with van der Waals surface area (Å²) in [6, 6.07) is 15.9. The molecule has 0 radical (unpaired) electrons. The van der Waals surface area contributed by atoms with Gasteiger partial charge in [0.2, 0.25) is 0 Å². The van der Waals surface area contributed by atoms with E-state index in [0.29, 0.717) is 6.54 Å². The zero-order valence-corrected chi connectivity index (χ0v) is 12.9. The number of hydrogen-bond donors (Lipinski definition) is 1. The Morgan fingerprint density at radius 1 is 1.05 bits per heavy atom. The topological polar surface area (TPSA) is 42.2 Å². The molecule has 0 spiro atoms. The Kier molecular flexibility index (Phi) is 3.80. The molecule has 1 heterocycles. The van der Waals surface area contributed by atoms with E-state index >= 15 is 0 Å². The molecule has 0 unspecified atom stereocenters. The molecule has 0 aliphatic heterocycles. The van der Waals surface area contributed by atoms with Crippen molar-refractivity contribution >= 4 is 32.8 Å². The lowest BCUT2D eigenvalue weighted by Gasteiger charge is -2.10. The van der Waals surface area contributed by atoms with E-state index in [4.69, 9.17) is 5.11 Å². The van der Waals surface area contributed by atoms with Crippen LogP contribution in [-0.2, 0) is 17.8 Å². The maximum atomic E-state index is 11.0. The number of carboxylic acid groups (broad SMARTS) is 1. The maximum Gasteiger partial charge on any atom is 0.307 e. The molecule has 3 rings (SSSR count). The summed E-state index contributed by atoms with van der Waals surface area (Å²) in [6.07, 6.45) is 2.09. The molecular formula is C17H14BrNO2. The summed E-state index contributed by atoms with van der Waals surface area (Å²) in [4.78, 5) is 11.0. The first-order valence-corrected chi connectivity index (χ1v) is 7.46. The minimum absolute atomic E-state index is 0.0546. The number of halogens is 1. The lowest BCUT2D eigenvalue weighted by atomic mass is 10.0. The highest BCUT2D eigenvalue weighted by Crippen LogP contribution is 2.25. The first kappa shape index (κ1) is 13.9. The molecule has 0 aliphatic rings. The molecule has 1 aromatic heterocycles. The number of hydrogen-bond acceptors (Lipinski definition) is 1. The van der Waals surface area contributed by atoms with Gasteiger partial charge in [0.1, 0.15) is 0 Å². The van der Waals surface area contributed by atoms with Crippen LogP contribution in [-0.4, -0.2) is 15.6 Å². The van der Waals surface area contributed by atoms with Gasteiger partial charge >= 0.3 is 5.97 Å². The number of aliphatic carboxylic acids is 1. The Balaban J connectivity index is 1.99. The molecule has 3 aromatic rings. The van der Waals surface area contributed by atoms with Crippen molar-refractivity contribution in [1.29, 1.82) is 0 Å². The molecule has 0 fully saturated rings. The summed E-state index contributed by atoms with van der Waals surface area (Å²) >= 11 is 3.55. The number of aromatic nitrogens is 1. The third kappa shape index (κ3) is 2.85. The smallest absolute Gasteiger partial charge is 0.307 e. The second-order valence-corrected chi connectivity index (χ2v) is 5.81. The van der Waals surface area contributed by atoms with Crippen molar-refractivity contribution in [3.63, 3.8) is 0 Å². The highest BCUT2D eigenvalue weighted by molar-refractivity contribution is 9.10. The summed E-state index contributed by atoms with van der Waals surface area (Å²) < 4.78 is 3.21. The van der Waals surface area contributed by atoms with E-state index in [1.54, 1.807) is 0 Å². The van der Waals surface area contributed by atoms with E-state index < -0.39 is 5.97 Å². The number of carboxylic acids is 1. The Labute approximate surface area is 131 Å². The highest BCUT2D eigenvalue weighted by atomic mass is 79.9. The van der Waals surface area contributed by atoms with Gasteiger partial charge in [0.15, 0.2) is 0 Å². The fourth-order valence-electron chi connectivity index (χ4n) is 2.55. The lowest BCUT2D eigenvalue weighted by Crippen LogP contribution is -2.06. The Hall–Kier alpha value is -2.07. The van der Waals surface area contributed by atoms with Gasteiger partial charge in [-0.2, -0.15) is 0 Å². The molecule has 21 heavy (non-hydrogen) atoms. The third-order valence-corrected chi connectivity index (χ3v) is 4.25. The second kappa shape index (κ2) is 5.74. The molecule has 106 valence electrons. The van der Waals surface area contributed by atoms with E-state index in [2.05, 4.69) is 32.6 Å². The summed E-state index contributed by atoms with van der Waals surface area (Å²) in [5.41, 5.74) is 3.04. The van der Waals surface area contributed by atoms with Crippen LogP contribution in [0.15, 0.2) is 59.2 Å². The Morgan fingerprint density at radius 2 is 1.81 bits per heavy atom. The molecule has 4 heteroatoms. The first-order chi connectivity index (χ1) is 10.1. The summed E-state index contributed by atoms with van der Waals surface area (Å²) in [5.74, 6) is -0.803. The number of carbonyl (C=O) groups is 1. The maximum absolute atomic E-state index is 11.0. The van der Waals surface area contributed by atoms with E-state index in [0.717, 1.165) is 26.5 Å². The second-order valence-electron chi connectivity index (χ2n) is 4.96. The minimum Gasteiger partial charge on any atom is -0.481 e. The molecule has 1 N–H and O–H groups in total. The average molecular weight is 344 g/mol. The number of nitrogens with zero attached hydrogens (tertiary/aromatic N) is 1. The van der Waals surface area contributed by atoms with Crippen LogP contribution in [0.5, 0.6) is 0 Å². The molecular weight excluding hydrogens is 330 g/mol. The molecule has 0 amide bonds. The standard InChI is InChI=1S/C17H14BrNO2/c18-15-6-3-7-16-14(15)8-9-19(16)11-13-5-2-1-4-12(13)10-17(20)21/h1-9H,10-11H2,(H,20,21). The predicted molar refractivity (Wildman–Crippen MR) is 86.5 cm³/mol. The largest absolute Gasteiger partial charge is 0.481 e. The van der Waals surface area contributed by atoms with Crippen molar-refractivity contribution < 1.29 is 9.90 Å². The summed E-state index contributed by atoms with van der Waals surface area (Å²) in [6.45, 7) is 0.670. The van der Waals surface area contributed by atoms with Crippen molar-refractivity contribution in [3.8, 4) is 0 Å². The number of benzene rings is 2. The van der Waals surface area contributed by atoms with Crippen LogP contribution >= 0.6 is 15.9 Å². The van der Waals surface area contributed by atoms with Crippen molar-refractivity contribution in [2.75, 3.05) is 0 Å². The fraction of sp³-hybridized carbons (Fsp3) is 0.118. The van der Waals surface area contributed by atoms with Gasteiger partial charge in [0.05, 0.1) is 6.42 Å². The van der Waals surface area contributed by atoms with Crippen LogP contribution in [0, 0.1) is 0 Å². The molecule has 0 bridgehead atoms. The molecule has 0 saturated carbocycles. The quantitative estimate of drug-likeness (QED) is 0.775. The van der Waals surface area contributed by atoms with Gasteiger partial charge in [0, 0.05) is 28.1 Å². The van der Waals surface area contributed by atoms with Gasteiger partial charge in [-0.05, 0) is 29.3 Å². The van der Waals surface area contributed by atoms with Crippen molar-refractivity contribution in [2.24, 2.45) is 0 Å². The SMILES string of the molecule is O=C(O)Cc1ccccc1Cn1ccc2c(Br)cccc21. The normalized spacial score (nSPS) is 10.9. The Bertz CT molecular complexity index is 807. The van der Waals surface area contributed by atoms with E-state index in [9.17, 15) is 4.79 Å². The van der Waals surface area contributed by atoms with Crippen LogP contribution in [0.25, 0.3) is 10.9 Å². The molecule has 0 aliphatic carbocycles. The van der Waals surface area contributed by atoms with Crippen LogP contribution in [0.4, 0.5) is 0 Å². The average Bonchev–Trinajstić information content (AvgIpc) is 2.85. The number of fused-ring (bicyclic) bond motifs is 1. The van der Waals surface area contributed by atoms with Crippen molar-refractivity contribution in [2.45, 2.75) is 13.0 Å². The zero-order chi connectivity index (χ0) is 14.8. The first-order valence-electron chi connectivity index (χ1n) is 6.67. The van der Waals surface area contributed by atoms with Gasteiger partial charge in [-0.25, -0.2) is 0 Å². The van der Waals surface area contributed by atoms with Crippen LogP contribution in [0.1, 0.15) is 11.1 Å². The summed E-state index contributed by atoms with van der Waals surface area (Å²) in [5, 5.41) is 10.2. The van der Waals surface area contributed by atoms with Crippen molar-refractivity contribution in [3.05, 3.63) is 70.3 Å². The Morgan fingerprint density at radius 3 is 2.57 bits per heavy atom. The summed E-state index contributed by atoms with van der Waals surface area (Å²) in [7, 11) is 0.